The molecule has 0 radical (unpaired) electrons. The number of nitrogens with two attached hydrogens (primary N) is 1. The average Bonchev–Trinajstić information content (AvgIpc) is 2.53. The Labute approximate surface area is 137 Å². The van der Waals surface area contributed by atoms with E-state index in [4.69, 9.17) is 15.2 Å². The van der Waals surface area contributed by atoms with E-state index < -0.39 is 11.9 Å². The number of carbonyl (C=O) groups is 1. The van der Waals surface area contributed by atoms with Crippen LogP contribution in [0.25, 0.3) is 0 Å². The first kappa shape index (κ1) is 16.1. The van der Waals surface area contributed by atoms with Crippen molar-refractivity contribution >= 4 is 21.9 Å². The van der Waals surface area contributed by atoms with Crippen LogP contribution in [0.4, 0.5) is 0 Å². The summed E-state index contributed by atoms with van der Waals surface area (Å²) >= 11 is 3.37. The number of rotatable bonds is 3. The summed E-state index contributed by atoms with van der Waals surface area (Å²) in [5.41, 5.74) is 7.16. The van der Waals surface area contributed by atoms with Crippen LogP contribution in [0.5, 0.6) is 0 Å². The monoisotopic (exact) mass is 362 g/mol. The van der Waals surface area contributed by atoms with Crippen LogP contribution >= 0.6 is 15.9 Å². The van der Waals surface area contributed by atoms with Crippen molar-refractivity contribution in [2.45, 2.75) is 19.3 Å². The van der Waals surface area contributed by atoms with Crippen molar-refractivity contribution in [2.24, 2.45) is 5.73 Å². The second-order valence-corrected chi connectivity index (χ2v) is 5.57. The molecule has 0 bridgehead atoms. The number of benzene rings is 1. The molecule has 2 N–H and O–H groups in total. The molecule has 6 heteroatoms. The number of nitrogens with zero attached hydrogens (tertiary/aromatic N) is 1. The maximum absolute atomic E-state index is 12.2. The molecular formula is C16H15BrN2O3. The molecule has 0 spiro atoms. The van der Waals surface area contributed by atoms with Gasteiger partial charge in [0.05, 0.1) is 18.6 Å². The van der Waals surface area contributed by atoms with Gasteiger partial charge in [0.25, 0.3) is 0 Å². The highest BCUT2D eigenvalue weighted by Crippen LogP contribution is 2.40. The van der Waals surface area contributed by atoms with Crippen LogP contribution in [0.2, 0.25) is 0 Å². The van der Waals surface area contributed by atoms with E-state index in [9.17, 15) is 10.1 Å². The first-order chi connectivity index (χ1) is 10.5. The second-order valence-electron chi connectivity index (χ2n) is 4.66. The zero-order valence-electron chi connectivity index (χ0n) is 12.2. The summed E-state index contributed by atoms with van der Waals surface area (Å²) in [6.07, 6.45) is 0.469. The van der Waals surface area contributed by atoms with E-state index in [1.54, 1.807) is 0 Å². The number of carbonyl (C=O) groups excluding carboxylic acids is 1. The summed E-state index contributed by atoms with van der Waals surface area (Å²) in [5.74, 6) is -0.657. The fourth-order valence-electron chi connectivity index (χ4n) is 2.40. The number of methoxy groups -OCH3 is 1. The normalized spacial score (nSPS) is 17.8. The van der Waals surface area contributed by atoms with Gasteiger partial charge in [0.15, 0.2) is 0 Å². The largest absolute Gasteiger partial charge is 0.466 e. The van der Waals surface area contributed by atoms with Crippen molar-refractivity contribution in [2.75, 3.05) is 7.11 Å². The van der Waals surface area contributed by atoms with E-state index in [0.717, 1.165) is 10.0 Å². The molecule has 114 valence electrons. The molecular weight excluding hydrogens is 348 g/mol. The summed E-state index contributed by atoms with van der Waals surface area (Å²) in [7, 11) is 1.30. The third-order valence-electron chi connectivity index (χ3n) is 3.43. The van der Waals surface area contributed by atoms with Gasteiger partial charge in [-0.1, -0.05) is 35.0 Å². The van der Waals surface area contributed by atoms with Crippen molar-refractivity contribution in [1.82, 2.24) is 0 Å². The number of ether oxygens (including phenoxy) is 2. The number of allylic oxidation sites excluding steroid dienone is 2. The zero-order valence-corrected chi connectivity index (χ0v) is 13.8. The van der Waals surface area contributed by atoms with Gasteiger partial charge in [-0.05, 0) is 17.7 Å². The molecule has 0 saturated carbocycles. The van der Waals surface area contributed by atoms with Gasteiger partial charge in [0.2, 0.25) is 5.88 Å². The Hall–Kier alpha value is -2.26. The molecule has 0 saturated heterocycles. The molecule has 0 unspecified atom stereocenters. The molecule has 2 rings (SSSR count). The van der Waals surface area contributed by atoms with Crippen LogP contribution in [0.1, 0.15) is 24.8 Å². The summed E-state index contributed by atoms with van der Waals surface area (Å²) in [6, 6.07) is 9.40. The highest BCUT2D eigenvalue weighted by Gasteiger charge is 2.36. The Morgan fingerprint density at radius 1 is 1.45 bits per heavy atom. The highest BCUT2D eigenvalue weighted by molar-refractivity contribution is 9.10. The Morgan fingerprint density at radius 3 is 2.59 bits per heavy atom. The lowest BCUT2D eigenvalue weighted by Gasteiger charge is -2.27. The first-order valence-electron chi connectivity index (χ1n) is 6.67. The van der Waals surface area contributed by atoms with Crippen LogP contribution in [-0.4, -0.2) is 13.1 Å². The molecule has 0 aromatic heterocycles. The summed E-state index contributed by atoms with van der Waals surface area (Å²) in [5, 5.41) is 9.43. The maximum Gasteiger partial charge on any atom is 0.338 e. The SMILES string of the molecule is CCC1=C(C(=O)OC)[C@H](c2ccc(Br)cc2)C(C#N)=C(N)O1. The van der Waals surface area contributed by atoms with E-state index in [0.29, 0.717) is 17.8 Å². The zero-order chi connectivity index (χ0) is 16.3. The minimum atomic E-state index is -0.589. The van der Waals surface area contributed by atoms with Gasteiger partial charge in [-0.15, -0.1) is 0 Å². The fraction of sp³-hybridized carbons (Fsp3) is 0.250. The molecule has 22 heavy (non-hydrogen) atoms. The van der Waals surface area contributed by atoms with Crippen LogP contribution < -0.4 is 5.73 Å². The van der Waals surface area contributed by atoms with Crippen molar-refractivity contribution in [3.05, 3.63) is 57.1 Å². The number of esters is 1. The van der Waals surface area contributed by atoms with Gasteiger partial charge in [0, 0.05) is 10.9 Å². The average molecular weight is 363 g/mol. The first-order valence-corrected chi connectivity index (χ1v) is 7.47. The van der Waals surface area contributed by atoms with E-state index >= 15 is 0 Å². The minimum Gasteiger partial charge on any atom is -0.466 e. The molecule has 0 fully saturated rings. The quantitative estimate of drug-likeness (QED) is 0.835. The molecule has 1 heterocycles. The van der Waals surface area contributed by atoms with E-state index in [1.165, 1.54) is 7.11 Å². The van der Waals surface area contributed by atoms with Crippen molar-refractivity contribution in [3.8, 4) is 6.07 Å². The van der Waals surface area contributed by atoms with Crippen LogP contribution in [0.3, 0.4) is 0 Å². The lowest BCUT2D eigenvalue weighted by molar-refractivity contribution is -0.136. The molecule has 1 aliphatic rings. The van der Waals surface area contributed by atoms with E-state index in [2.05, 4.69) is 15.9 Å². The molecule has 1 aromatic rings. The Kier molecular flexibility index (Phi) is 4.88. The summed E-state index contributed by atoms with van der Waals surface area (Å²) < 4.78 is 11.2. The van der Waals surface area contributed by atoms with Gasteiger partial charge in [-0.3, -0.25) is 0 Å². The molecule has 0 aliphatic carbocycles. The predicted molar refractivity (Wildman–Crippen MR) is 84.1 cm³/mol. The second kappa shape index (κ2) is 6.67. The Bertz CT molecular complexity index is 699. The summed E-state index contributed by atoms with van der Waals surface area (Å²) in [6.45, 7) is 1.85. The van der Waals surface area contributed by atoms with Crippen molar-refractivity contribution < 1.29 is 14.3 Å². The Balaban J connectivity index is 2.66. The standard InChI is InChI=1S/C16H15BrN2O3/c1-3-12-14(16(20)21-2)13(11(8-18)15(19)22-12)9-4-6-10(17)7-5-9/h4-7,13H,3,19H2,1-2H3/t13-/m1/s1. The van der Waals surface area contributed by atoms with Gasteiger partial charge in [-0.2, -0.15) is 5.26 Å². The fourth-order valence-corrected chi connectivity index (χ4v) is 2.67. The van der Waals surface area contributed by atoms with Crippen LogP contribution in [0, 0.1) is 11.3 Å². The van der Waals surface area contributed by atoms with Crippen LogP contribution in [-0.2, 0) is 14.3 Å². The topological polar surface area (TPSA) is 85.3 Å². The van der Waals surface area contributed by atoms with Gasteiger partial charge in [0.1, 0.15) is 17.4 Å². The molecule has 1 aliphatic heterocycles. The maximum atomic E-state index is 12.2. The number of hydrogen-bond donors (Lipinski definition) is 1. The third-order valence-corrected chi connectivity index (χ3v) is 3.96. The smallest absolute Gasteiger partial charge is 0.338 e. The van der Waals surface area contributed by atoms with Crippen molar-refractivity contribution in [1.29, 1.82) is 5.26 Å². The lowest BCUT2D eigenvalue weighted by Crippen LogP contribution is -2.25. The molecule has 0 amide bonds. The van der Waals surface area contributed by atoms with Gasteiger partial charge < -0.3 is 15.2 Å². The Morgan fingerprint density at radius 2 is 2.09 bits per heavy atom. The number of nitriles is 1. The van der Waals surface area contributed by atoms with Gasteiger partial charge in [-0.25, -0.2) is 4.79 Å². The highest BCUT2D eigenvalue weighted by atomic mass is 79.9. The number of hydrogen-bond acceptors (Lipinski definition) is 5. The number of halogens is 1. The summed E-state index contributed by atoms with van der Waals surface area (Å²) in [4.78, 5) is 12.2. The minimum absolute atomic E-state index is 0.0277. The van der Waals surface area contributed by atoms with E-state index in [-0.39, 0.29) is 11.5 Å². The third kappa shape index (κ3) is 2.85. The molecule has 5 nitrogen and oxygen atoms in total. The molecule has 1 atom stereocenters. The predicted octanol–water partition coefficient (Wildman–Crippen LogP) is 3.09. The van der Waals surface area contributed by atoms with Crippen LogP contribution in [0.15, 0.2) is 51.5 Å². The lowest BCUT2D eigenvalue weighted by atomic mass is 9.82. The van der Waals surface area contributed by atoms with Gasteiger partial charge >= 0.3 is 5.97 Å². The van der Waals surface area contributed by atoms with Crippen molar-refractivity contribution in [3.63, 3.8) is 0 Å². The van der Waals surface area contributed by atoms with E-state index in [1.807, 2.05) is 37.3 Å². The molecule has 1 aromatic carbocycles.